The molecule has 3 rings (SSSR count). The molecule has 140 valence electrons. The van der Waals surface area contributed by atoms with Gasteiger partial charge >= 0.3 is 5.97 Å². The second kappa shape index (κ2) is 7.45. The highest BCUT2D eigenvalue weighted by atomic mass is 16.5. The molecule has 1 aromatic rings. The van der Waals surface area contributed by atoms with Crippen molar-refractivity contribution in [3.8, 4) is 0 Å². The fourth-order valence-electron chi connectivity index (χ4n) is 3.27. The smallest absolute Gasteiger partial charge is 0.354 e. The van der Waals surface area contributed by atoms with Crippen LogP contribution in [0.5, 0.6) is 0 Å². The summed E-state index contributed by atoms with van der Waals surface area (Å²) in [7, 11) is 0. The van der Waals surface area contributed by atoms with E-state index in [4.69, 9.17) is 9.47 Å². The van der Waals surface area contributed by atoms with Crippen LogP contribution in [0.3, 0.4) is 0 Å². The standard InChI is InChI=1S/C19H25N3O4/c1-4-25-18(24)15-12-16(22(20-15)14-8-6-5-7-9-14)17(23)21-10-11-26-19(2,3)13-21/h5-9,16H,4,10-13H2,1-3H3. The number of anilines is 1. The summed E-state index contributed by atoms with van der Waals surface area (Å²) in [6.07, 6.45) is 0.240. The number of hydrogen-bond acceptors (Lipinski definition) is 6. The molecule has 0 saturated carbocycles. The third kappa shape index (κ3) is 3.88. The highest BCUT2D eigenvalue weighted by Crippen LogP contribution is 2.27. The Hall–Kier alpha value is -2.41. The van der Waals surface area contributed by atoms with Gasteiger partial charge in [-0.3, -0.25) is 9.80 Å². The molecule has 1 saturated heterocycles. The Labute approximate surface area is 153 Å². The van der Waals surface area contributed by atoms with E-state index in [1.807, 2.05) is 44.2 Å². The summed E-state index contributed by atoms with van der Waals surface area (Å²) in [6.45, 7) is 7.52. The van der Waals surface area contributed by atoms with Crippen LogP contribution in [0.15, 0.2) is 35.4 Å². The molecule has 0 aliphatic carbocycles. The highest BCUT2D eigenvalue weighted by molar-refractivity contribution is 6.38. The van der Waals surface area contributed by atoms with Crippen molar-refractivity contribution >= 4 is 23.3 Å². The van der Waals surface area contributed by atoms with Crippen LogP contribution in [0.1, 0.15) is 27.2 Å². The van der Waals surface area contributed by atoms with E-state index in [0.29, 0.717) is 19.7 Å². The normalized spacial score (nSPS) is 22.1. The molecule has 1 amide bonds. The number of esters is 1. The largest absolute Gasteiger partial charge is 0.461 e. The van der Waals surface area contributed by atoms with Crippen molar-refractivity contribution in [3.63, 3.8) is 0 Å². The topological polar surface area (TPSA) is 71.4 Å². The maximum Gasteiger partial charge on any atom is 0.354 e. The zero-order valence-electron chi connectivity index (χ0n) is 15.5. The van der Waals surface area contributed by atoms with Crippen LogP contribution in [-0.2, 0) is 19.1 Å². The number of hydrogen-bond donors (Lipinski definition) is 0. The van der Waals surface area contributed by atoms with Crippen molar-refractivity contribution in [1.82, 2.24) is 4.90 Å². The van der Waals surface area contributed by atoms with Gasteiger partial charge in [0.05, 0.1) is 24.5 Å². The molecule has 0 aromatic heterocycles. The van der Waals surface area contributed by atoms with E-state index in [1.54, 1.807) is 16.8 Å². The van der Waals surface area contributed by atoms with Gasteiger partial charge in [-0.2, -0.15) is 5.10 Å². The molecule has 1 fully saturated rings. The van der Waals surface area contributed by atoms with Crippen LogP contribution in [-0.4, -0.2) is 60.4 Å². The van der Waals surface area contributed by atoms with Crippen LogP contribution in [0.2, 0.25) is 0 Å². The molecular formula is C19H25N3O4. The van der Waals surface area contributed by atoms with Gasteiger partial charge in [0, 0.05) is 19.5 Å². The number of para-hydroxylation sites is 1. The van der Waals surface area contributed by atoms with Gasteiger partial charge in [-0.05, 0) is 32.9 Å². The SMILES string of the molecule is CCOC(=O)C1=NN(c2ccccc2)C(C(=O)N2CCOC(C)(C)C2)C1. The van der Waals surface area contributed by atoms with Crippen LogP contribution < -0.4 is 5.01 Å². The highest BCUT2D eigenvalue weighted by Gasteiger charge is 2.41. The number of amides is 1. The quantitative estimate of drug-likeness (QED) is 0.767. The van der Waals surface area contributed by atoms with Crippen LogP contribution in [0.4, 0.5) is 5.69 Å². The lowest BCUT2D eigenvalue weighted by molar-refractivity contribution is -0.147. The van der Waals surface area contributed by atoms with E-state index in [2.05, 4.69) is 5.10 Å². The number of nitrogens with zero attached hydrogens (tertiary/aromatic N) is 3. The molecule has 1 unspecified atom stereocenters. The number of rotatable bonds is 4. The van der Waals surface area contributed by atoms with E-state index >= 15 is 0 Å². The van der Waals surface area contributed by atoms with E-state index < -0.39 is 12.0 Å². The number of carbonyl (C=O) groups is 2. The van der Waals surface area contributed by atoms with Gasteiger partial charge in [0.2, 0.25) is 5.91 Å². The molecule has 1 aromatic carbocycles. The molecule has 0 spiro atoms. The third-order valence-electron chi connectivity index (χ3n) is 4.46. The van der Waals surface area contributed by atoms with Crippen molar-refractivity contribution in [1.29, 1.82) is 0 Å². The number of hydrazone groups is 1. The Balaban J connectivity index is 1.84. The maximum absolute atomic E-state index is 13.2. The van der Waals surface area contributed by atoms with Crippen molar-refractivity contribution < 1.29 is 19.1 Å². The molecule has 0 radical (unpaired) electrons. The predicted octanol–water partition coefficient (Wildman–Crippen LogP) is 1.82. The van der Waals surface area contributed by atoms with Crippen LogP contribution >= 0.6 is 0 Å². The molecule has 7 heteroatoms. The lowest BCUT2D eigenvalue weighted by Gasteiger charge is -2.40. The molecule has 2 aliphatic heterocycles. The molecule has 1 atom stereocenters. The summed E-state index contributed by atoms with van der Waals surface area (Å²) in [5.41, 5.74) is 0.675. The van der Waals surface area contributed by atoms with Crippen LogP contribution in [0.25, 0.3) is 0 Å². The average molecular weight is 359 g/mol. The predicted molar refractivity (Wildman–Crippen MR) is 98.0 cm³/mol. The summed E-state index contributed by atoms with van der Waals surface area (Å²) >= 11 is 0. The minimum absolute atomic E-state index is 0.0479. The lowest BCUT2D eigenvalue weighted by Crippen LogP contribution is -2.55. The van der Waals surface area contributed by atoms with Gasteiger partial charge in [-0.15, -0.1) is 0 Å². The summed E-state index contributed by atoms with van der Waals surface area (Å²) in [4.78, 5) is 27.1. The van der Waals surface area contributed by atoms with Crippen molar-refractivity contribution in [2.24, 2.45) is 5.10 Å². The van der Waals surface area contributed by atoms with Crippen LogP contribution in [0, 0.1) is 0 Å². The van der Waals surface area contributed by atoms with E-state index in [9.17, 15) is 9.59 Å². The Kier molecular flexibility index (Phi) is 5.27. The average Bonchev–Trinajstić information content (AvgIpc) is 3.06. The van der Waals surface area contributed by atoms with Crippen molar-refractivity contribution in [2.45, 2.75) is 38.8 Å². The fourth-order valence-corrected chi connectivity index (χ4v) is 3.27. The summed E-state index contributed by atoms with van der Waals surface area (Å²) in [5, 5.41) is 6.04. The minimum Gasteiger partial charge on any atom is -0.461 e. The first-order chi connectivity index (χ1) is 12.4. The third-order valence-corrected chi connectivity index (χ3v) is 4.46. The summed E-state index contributed by atoms with van der Waals surface area (Å²) in [6, 6.07) is 8.86. The Bertz CT molecular complexity index is 702. The monoisotopic (exact) mass is 359 g/mol. The van der Waals surface area contributed by atoms with Gasteiger partial charge in [-0.1, -0.05) is 18.2 Å². The second-order valence-electron chi connectivity index (χ2n) is 7.04. The van der Waals surface area contributed by atoms with Crippen molar-refractivity contribution in [3.05, 3.63) is 30.3 Å². The molecule has 2 heterocycles. The van der Waals surface area contributed by atoms with E-state index in [0.717, 1.165) is 5.69 Å². The minimum atomic E-state index is -0.550. The zero-order valence-corrected chi connectivity index (χ0v) is 15.5. The summed E-state index contributed by atoms with van der Waals surface area (Å²) < 4.78 is 10.8. The van der Waals surface area contributed by atoms with E-state index in [-0.39, 0.29) is 30.2 Å². The number of carbonyl (C=O) groups excluding carboxylic acids is 2. The Morgan fingerprint density at radius 2 is 2.04 bits per heavy atom. The number of morpholine rings is 1. The Morgan fingerprint density at radius 1 is 1.31 bits per heavy atom. The second-order valence-corrected chi connectivity index (χ2v) is 7.04. The Morgan fingerprint density at radius 3 is 2.69 bits per heavy atom. The lowest BCUT2D eigenvalue weighted by atomic mass is 10.0. The molecular weight excluding hydrogens is 334 g/mol. The number of ether oxygens (including phenoxy) is 2. The van der Waals surface area contributed by atoms with Gasteiger partial charge < -0.3 is 14.4 Å². The van der Waals surface area contributed by atoms with Gasteiger partial charge in [0.25, 0.3) is 0 Å². The molecule has 7 nitrogen and oxygen atoms in total. The summed E-state index contributed by atoms with van der Waals surface area (Å²) in [5.74, 6) is -0.515. The van der Waals surface area contributed by atoms with Gasteiger partial charge in [-0.25, -0.2) is 4.79 Å². The van der Waals surface area contributed by atoms with Gasteiger partial charge in [0.15, 0.2) is 0 Å². The van der Waals surface area contributed by atoms with E-state index in [1.165, 1.54) is 0 Å². The molecule has 26 heavy (non-hydrogen) atoms. The zero-order chi connectivity index (χ0) is 18.7. The van der Waals surface area contributed by atoms with Crippen molar-refractivity contribution in [2.75, 3.05) is 31.3 Å². The fraction of sp³-hybridized carbons (Fsp3) is 0.526. The first kappa shape index (κ1) is 18.4. The molecule has 0 bridgehead atoms. The molecule has 0 N–H and O–H groups in total. The first-order valence-corrected chi connectivity index (χ1v) is 8.93. The number of benzene rings is 1. The maximum atomic E-state index is 13.2. The van der Waals surface area contributed by atoms with Gasteiger partial charge in [0.1, 0.15) is 11.8 Å². The first-order valence-electron chi connectivity index (χ1n) is 8.93. The molecule has 2 aliphatic rings.